The first-order valence-electron chi connectivity index (χ1n) is 4.96. The van der Waals surface area contributed by atoms with E-state index in [1.807, 2.05) is 19.1 Å². The highest BCUT2D eigenvalue weighted by Crippen LogP contribution is 2.50. The zero-order valence-electron chi connectivity index (χ0n) is 8.32. The van der Waals surface area contributed by atoms with Crippen LogP contribution in [-0.4, -0.2) is 12.1 Å². The molecule has 0 radical (unpaired) electrons. The van der Waals surface area contributed by atoms with E-state index in [0.717, 1.165) is 25.5 Å². The molecule has 0 heterocycles. The quantitative estimate of drug-likeness (QED) is 0.593. The van der Waals surface area contributed by atoms with Crippen molar-refractivity contribution in [3.05, 3.63) is 24.3 Å². The van der Waals surface area contributed by atoms with Crippen molar-refractivity contribution in [1.82, 2.24) is 0 Å². The SMILES string of the molecule is C[C@]1(C=O)CCC2(C=CC(=O)C=C2)C1. The number of carbonyl (C=O) groups excluding carboxylic acids is 2. The molecular formula is C12H14O2. The van der Waals surface area contributed by atoms with Gasteiger partial charge in [-0.15, -0.1) is 0 Å². The first-order valence-corrected chi connectivity index (χ1v) is 4.96. The van der Waals surface area contributed by atoms with Crippen molar-refractivity contribution < 1.29 is 9.59 Å². The molecule has 1 atom stereocenters. The van der Waals surface area contributed by atoms with Gasteiger partial charge in [-0.1, -0.05) is 19.1 Å². The lowest BCUT2D eigenvalue weighted by Gasteiger charge is -2.24. The summed E-state index contributed by atoms with van der Waals surface area (Å²) in [5.74, 6) is 0.0512. The number of hydrogen-bond donors (Lipinski definition) is 0. The molecule has 0 aliphatic heterocycles. The Morgan fingerprint density at radius 1 is 1.29 bits per heavy atom. The normalized spacial score (nSPS) is 33.9. The maximum absolute atomic E-state index is 11.0. The standard InChI is InChI=1S/C12H14O2/c1-11(9-13)6-7-12(8-11)4-2-10(14)3-5-12/h2-5,9H,6-8H2,1H3/t11-/m0/s1. The van der Waals surface area contributed by atoms with E-state index in [-0.39, 0.29) is 16.6 Å². The van der Waals surface area contributed by atoms with Gasteiger partial charge >= 0.3 is 0 Å². The van der Waals surface area contributed by atoms with Gasteiger partial charge in [-0.2, -0.15) is 0 Å². The molecule has 0 aromatic carbocycles. The monoisotopic (exact) mass is 190 g/mol. The van der Waals surface area contributed by atoms with E-state index in [1.165, 1.54) is 0 Å². The molecule has 74 valence electrons. The van der Waals surface area contributed by atoms with E-state index in [0.29, 0.717) is 0 Å². The molecule has 0 aromatic heterocycles. The molecule has 14 heavy (non-hydrogen) atoms. The van der Waals surface area contributed by atoms with E-state index in [2.05, 4.69) is 0 Å². The van der Waals surface area contributed by atoms with Crippen molar-refractivity contribution in [1.29, 1.82) is 0 Å². The second-order valence-electron chi connectivity index (χ2n) is 4.75. The van der Waals surface area contributed by atoms with Crippen LogP contribution in [0.5, 0.6) is 0 Å². The second kappa shape index (κ2) is 2.91. The number of rotatable bonds is 1. The first-order chi connectivity index (χ1) is 6.58. The van der Waals surface area contributed by atoms with Gasteiger partial charge in [0.2, 0.25) is 0 Å². The predicted molar refractivity (Wildman–Crippen MR) is 53.7 cm³/mol. The van der Waals surface area contributed by atoms with Crippen LogP contribution in [0.3, 0.4) is 0 Å². The molecule has 0 unspecified atom stereocenters. The summed E-state index contributed by atoms with van der Waals surface area (Å²) >= 11 is 0. The Bertz CT molecular complexity index is 322. The largest absolute Gasteiger partial charge is 0.303 e. The summed E-state index contributed by atoms with van der Waals surface area (Å²) in [5, 5.41) is 0. The van der Waals surface area contributed by atoms with Crippen molar-refractivity contribution in [3.8, 4) is 0 Å². The van der Waals surface area contributed by atoms with E-state index in [1.54, 1.807) is 12.2 Å². The summed E-state index contributed by atoms with van der Waals surface area (Å²) in [6.07, 6.45) is 11.0. The fourth-order valence-corrected chi connectivity index (χ4v) is 2.44. The van der Waals surface area contributed by atoms with Crippen LogP contribution in [-0.2, 0) is 9.59 Å². The fraction of sp³-hybridized carbons (Fsp3) is 0.500. The first kappa shape index (κ1) is 9.38. The number of hydrogen-bond acceptors (Lipinski definition) is 2. The minimum atomic E-state index is -0.199. The van der Waals surface area contributed by atoms with Gasteiger partial charge in [0.15, 0.2) is 5.78 Å². The molecule has 2 rings (SSSR count). The fourth-order valence-electron chi connectivity index (χ4n) is 2.44. The van der Waals surface area contributed by atoms with Crippen molar-refractivity contribution in [2.24, 2.45) is 10.8 Å². The maximum atomic E-state index is 11.0. The van der Waals surface area contributed by atoms with Crippen molar-refractivity contribution in [2.75, 3.05) is 0 Å². The highest BCUT2D eigenvalue weighted by molar-refractivity contribution is 6.00. The molecule has 1 spiro atoms. The van der Waals surface area contributed by atoms with Gasteiger partial charge in [-0.3, -0.25) is 4.79 Å². The number of aldehydes is 1. The van der Waals surface area contributed by atoms with Crippen molar-refractivity contribution >= 4 is 12.1 Å². The Morgan fingerprint density at radius 3 is 2.43 bits per heavy atom. The highest BCUT2D eigenvalue weighted by atomic mass is 16.1. The molecule has 2 nitrogen and oxygen atoms in total. The number of allylic oxidation sites excluding steroid dienone is 4. The lowest BCUT2D eigenvalue weighted by Crippen LogP contribution is -2.19. The Labute approximate surface area is 83.7 Å². The third-order valence-corrected chi connectivity index (χ3v) is 3.34. The van der Waals surface area contributed by atoms with Gasteiger partial charge in [0.25, 0.3) is 0 Å². The summed E-state index contributed by atoms with van der Waals surface area (Å²) in [5.41, 5.74) is -0.224. The summed E-state index contributed by atoms with van der Waals surface area (Å²) in [4.78, 5) is 21.9. The molecule has 0 saturated heterocycles. The van der Waals surface area contributed by atoms with Crippen LogP contribution in [0.4, 0.5) is 0 Å². The zero-order chi connectivity index (χ0) is 10.2. The average Bonchev–Trinajstić information content (AvgIpc) is 2.51. The lowest BCUT2D eigenvalue weighted by atomic mass is 9.79. The van der Waals surface area contributed by atoms with E-state index in [9.17, 15) is 9.59 Å². The van der Waals surface area contributed by atoms with Crippen molar-refractivity contribution in [2.45, 2.75) is 26.2 Å². The van der Waals surface area contributed by atoms with E-state index < -0.39 is 0 Å². The number of carbonyl (C=O) groups is 2. The molecular weight excluding hydrogens is 176 g/mol. The molecule has 0 aromatic rings. The van der Waals surface area contributed by atoms with Crippen LogP contribution in [0.1, 0.15) is 26.2 Å². The third kappa shape index (κ3) is 1.45. The Hall–Kier alpha value is -1.18. The van der Waals surface area contributed by atoms with Crippen LogP contribution >= 0.6 is 0 Å². The summed E-state index contributed by atoms with van der Waals surface area (Å²) in [7, 11) is 0. The Balaban J connectivity index is 2.22. The van der Waals surface area contributed by atoms with Gasteiger partial charge in [-0.25, -0.2) is 0 Å². The van der Waals surface area contributed by atoms with Gasteiger partial charge in [0.1, 0.15) is 6.29 Å². The minimum Gasteiger partial charge on any atom is -0.303 e. The van der Waals surface area contributed by atoms with Crippen LogP contribution in [0.2, 0.25) is 0 Å². The van der Waals surface area contributed by atoms with Crippen LogP contribution < -0.4 is 0 Å². The molecule has 0 N–H and O–H groups in total. The molecule has 1 saturated carbocycles. The average molecular weight is 190 g/mol. The van der Waals surface area contributed by atoms with Gasteiger partial charge < -0.3 is 4.79 Å². The topological polar surface area (TPSA) is 34.1 Å². The van der Waals surface area contributed by atoms with E-state index in [4.69, 9.17) is 0 Å². The Morgan fingerprint density at radius 2 is 1.93 bits per heavy atom. The maximum Gasteiger partial charge on any atom is 0.178 e. The van der Waals surface area contributed by atoms with Gasteiger partial charge in [0, 0.05) is 10.8 Å². The smallest absolute Gasteiger partial charge is 0.178 e. The van der Waals surface area contributed by atoms with Gasteiger partial charge in [-0.05, 0) is 31.4 Å². The summed E-state index contributed by atoms with van der Waals surface area (Å²) in [6.45, 7) is 1.99. The molecule has 1 fully saturated rings. The minimum absolute atomic E-state index is 0.0242. The van der Waals surface area contributed by atoms with Crippen molar-refractivity contribution in [3.63, 3.8) is 0 Å². The second-order valence-corrected chi connectivity index (χ2v) is 4.75. The highest BCUT2D eigenvalue weighted by Gasteiger charge is 2.43. The number of ketones is 1. The van der Waals surface area contributed by atoms with Crippen LogP contribution in [0.25, 0.3) is 0 Å². The molecule has 0 bridgehead atoms. The summed E-state index contributed by atoms with van der Waals surface area (Å²) in [6, 6.07) is 0. The summed E-state index contributed by atoms with van der Waals surface area (Å²) < 4.78 is 0. The third-order valence-electron chi connectivity index (χ3n) is 3.34. The molecule has 2 aliphatic carbocycles. The molecule has 2 aliphatic rings. The van der Waals surface area contributed by atoms with Crippen LogP contribution in [0, 0.1) is 10.8 Å². The van der Waals surface area contributed by atoms with Gasteiger partial charge in [0.05, 0.1) is 0 Å². The predicted octanol–water partition coefficient (Wildman–Crippen LogP) is 2.06. The Kier molecular flexibility index (Phi) is 1.95. The lowest BCUT2D eigenvalue weighted by molar-refractivity contribution is -0.115. The molecule has 2 heteroatoms. The zero-order valence-corrected chi connectivity index (χ0v) is 8.32. The molecule has 0 amide bonds. The van der Waals surface area contributed by atoms with Crippen LogP contribution in [0.15, 0.2) is 24.3 Å². The van der Waals surface area contributed by atoms with E-state index >= 15 is 0 Å².